The van der Waals surface area contributed by atoms with E-state index in [0.717, 1.165) is 10.4 Å². The number of hydrogen-bond donors (Lipinski definition) is 1. The minimum absolute atomic E-state index is 0.120. The van der Waals surface area contributed by atoms with Crippen molar-refractivity contribution in [2.24, 2.45) is 5.10 Å². The lowest BCUT2D eigenvalue weighted by molar-refractivity contribution is -0.114. The topological polar surface area (TPSA) is 70.0 Å². The molecule has 0 atom stereocenters. The van der Waals surface area contributed by atoms with Gasteiger partial charge in [0.25, 0.3) is 5.91 Å². The maximum absolute atomic E-state index is 12.6. The van der Waals surface area contributed by atoms with Gasteiger partial charge in [0.1, 0.15) is 0 Å². The van der Waals surface area contributed by atoms with E-state index < -0.39 is 5.97 Å². The first-order chi connectivity index (χ1) is 11.0. The molecular weight excluding hydrogens is 312 g/mol. The molecule has 116 valence electrons. The van der Waals surface area contributed by atoms with Crippen LogP contribution in [-0.4, -0.2) is 22.7 Å². The fraction of sp³-hybridized carbons (Fsp3) is 0.118. The summed E-state index contributed by atoms with van der Waals surface area (Å²) < 4.78 is 0. The Kier molecular flexibility index (Phi) is 3.83. The van der Waals surface area contributed by atoms with Crippen LogP contribution in [0.4, 0.5) is 5.69 Å². The lowest BCUT2D eigenvalue weighted by Crippen LogP contribution is -2.21. The lowest BCUT2D eigenvalue weighted by atomic mass is 10.1. The number of anilines is 1. The highest BCUT2D eigenvalue weighted by Gasteiger charge is 2.29. The first-order valence-corrected chi connectivity index (χ1v) is 7.84. The van der Waals surface area contributed by atoms with Crippen molar-refractivity contribution < 1.29 is 14.7 Å². The van der Waals surface area contributed by atoms with E-state index in [9.17, 15) is 9.59 Å². The molecule has 0 bridgehead atoms. The summed E-state index contributed by atoms with van der Waals surface area (Å²) in [6, 6.07) is 8.19. The van der Waals surface area contributed by atoms with Crippen molar-refractivity contribution in [3.05, 3.63) is 57.3 Å². The molecule has 1 aliphatic rings. The number of amides is 1. The summed E-state index contributed by atoms with van der Waals surface area (Å²) in [5, 5.41) is 16.6. The molecule has 1 aromatic heterocycles. The molecule has 1 aromatic carbocycles. The van der Waals surface area contributed by atoms with Crippen LogP contribution in [0.5, 0.6) is 0 Å². The van der Waals surface area contributed by atoms with Gasteiger partial charge in [0.05, 0.1) is 22.5 Å². The SMILES string of the molecule is CC1=NN(c2cccc(C(=O)O)c2)C(=O)/C1=C/c1sccc1C. The molecule has 0 saturated heterocycles. The number of aryl methyl sites for hydroxylation is 1. The van der Waals surface area contributed by atoms with Crippen molar-refractivity contribution in [1.29, 1.82) is 0 Å². The second-order valence-electron chi connectivity index (χ2n) is 5.18. The van der Waals surface area contributed by atoms with Crippen molar-refractivity contribution in [2.45, 2.75) is 13.8 Å². The second-order valence-corrected chi connectivity index (χ2v) is 6.13. The Balaban J connectivity index is 1.97. The van der Waals surface area contributed by atoms with Gasteiger partial charge in [-0.3, -0.25) is 4.79 Å². The Labute approximate surface area is 137 Å². The van der Waals surface area contributed by atoms with Crippen LogP contribution >= 0.6 is 11.3 Å². The number of thiophene rings is 1. The highest BCUT2D eigenvalue weighted by molar-refractivity contribution is 7.11. The molecule has 0 saturated carbocycles. The lowest BCUT2D eigenvalue weighted by Gasteiger charge is -2.12. The van der Waals surface area contributed by atoms with E-state index in [1.165, 1.54) is 17.1 Å². The largest absolute Gasteiger partial charge is 0.478 e. The van der Waals surface area contributed by atoms with Gasteiger partial charge >= 0.3 is 5.97 Å². The van der Waals surface area contributed by atoms with Gasteiger partial charge in [-0.2, -0.15) is 10.1 Å². The van der Waals surface area contributed by atoms with Gasteiger partial charge in [-0.25, -0.2) is 4.79 Å². The minimum atomic E-state index is -1.04. The van der Waals surface area contributed by atoms with Crippen LogP contribution in [0, 0.1) is 6.92 Å². The van der Waals surface area contributed by atoms with E-state index in [1.54, 1.807) is 30.4 Å². The molecule has 0 aliphatic carbocycles. The monoisotopic (exact) mass is 326 g/mol. The number of carboxylic acid groups (broad SMARTS) is 1. The zero-order valence-electron chi connectivity index (χ0n) is 12.6. The number of carbonyl (C=O) groups excluding carboxylic acids is 1. The van der Waals surface area contributed by atoms with Crippen molar-refractivity contribution in [1.82, 2.24) is 0 Å². The number of carboxylic acids is 1. The first-order valence-electron chi connectivity index (χ1n) is 6.96. The van der Waals surface area contributed by atoms with Gasteiger partial charge in [-0.05, 0) is 55.1 Å². The van der Waals surface area contributed by atoms with Gasteiger partial charge in [-0.15, -0.1) is 11.3 Å². The van der Waals surface area contributed by atoms with Crippen LogP contribution in [0.2, 0.25) is 0 Å². The Hall–Kier alpha value is -2.73. The van der Waals surface area contributed by atoms with E-state index in [1.807, 2.05) is 24.4 Å². The molecule has 2 heterocycles. The molecule has 23 heavy (non-hydrogen) atoms. The van der Waals surface area contributed by atoms with Gasteiger partial charge in [0, 0.05) is 4.88 Å². The molecule has 0 fully saturated rings. The van der Waals surface area contributed by atoms with Crippen LogP contribution in [0.25, 0.3) is 6.08 Å². The third-order valence-electron chi connectivity index (χ3n) is 3.58. The fourth-order valence-electron chi connectivity index (χ4n) is 2.29. The zero-order chi connectivity index (χ0) is 16.6. The molecule has 5 nitrogen and oxygen atoms in total. The van der Waals surface area contributed by atoms with Crippen molar-refractivity contribution in [3.8, 4) is 0 Å². The average Bonchev–Trinajstić information content (AvgIpc) is 3.06. The van der Waals surface area contributed by atoms with Crippen molar-refractivity contribution in [2.75, 3.05) is 5.01 Å². The molecule has 3 rings (SSSR count). The maximum atomic E-state index is 12.6. The van der Waals surface area contributed by atoms with E-state index in [0.29, 0.717) is 17.0 Å². The Morgan fingerprint density at radius 1 is 1.30 bits per heavy atom. The molecule has 1 N–H and O–H groups in total. The molecule has 1 amide bonds. The summed E-state index contributed by atoms with van der Waals surface area (Å²) in [6.45, 7) is 3.76. The van der Waals surface area contributed by atoms with Crippen LogP contribution in [0.15, 0.2) is 46.4 Å². The predicted octanol–water partition coefficient (Wildman–Crippen LogP) is 3.56. The van der Waals surface area contributed by atoms with Crippen LogP contribution in [0.3, 0.4) is 0 Å². The molecule has 0 radical (unpaired) electrons. The summed E-state index contributed by atoms with van der Waals surface area (Å²) >= 11 is 1.56. The molecular formula is C17H14N2O3S. The van der Waals surface area contributed by atoms with E-state index in [-0.39, 0.29) is 11.5 Å². The maximum Gasteiger partial charge on any atom is 0.335 e. The average molecular weight is 326 g/mol. The summed E-state index contributed by atoms with van der Waals surface area (Å²) in [7, 11) is 0. The number of hydrazone groups is 1. The molecule has 1 aliphatic heterocycles. The molecule has 0 unspecified atom stereocenters. The zero-order valence-corrected chi connectivity index (χ0v) is 13.4. The molecule has 0 spiro atoms. The van der Waals surface area contributed by atoms with Gasteiger partial charge in [0.2, 0.25) is 0 Å². The van der Waals surface area contributed by atoms with Crippen LogP contribution < -0.4 is 5.01 Å². The highest BCUT2D eigenvalue weighted by Crippen LogP contribution is 2.27. The number of rotatable bonds is 3. The second kappa shape index (κ2) is 5.81. The Morgan fingerprint density at radius 3 is 2.74 bits per heavy atom. The van der Waals surface area contributed by atoms with E-state index in [4.69, 9.17) is 5.11 Å². The van der Waals surface area contributed by atoms with Gasteiger partial charge in [-0.1, -0.05) is 6.07 Å². The number of carbonyl (C=O) groups is 2. The first kappa shape index (κ1) is 15.2. The summed E-state index contributed by atoms with van der Waals surface area (Å²) in [4.78, 5) is 24.7. The normalized spacial score (nSPS) is 16.1. The minimum Gasteiger partial charge on any atom is -0.478 e. The fourth-order valence-corrected chi connectivity index (χ4v) is 3.15. The number of aromatic carboxylic acids is 1. The standard InChI is InChI=1S/C17H14N2O3S/c1-10-6-7-23-15(10)9-14-11(2)18-19(16(14)20)13-5-3-4-12(8-13)17(21)22/h3-9H,1-2H3,(H,21,22)/b14-9+. The summed E-state index contributed by atoms with van der Waals surface area (Å²) in [6.07, 6.45) is 1.84. The molecule has 6 heteroatoms. The predicted molar refractivity (Wildman–Crippen MR) is 91.0 cm³/mol. The van der Waals surface area contributed by atoms with E-state index in [2.05, 4.69) is 5.10 Å². The number of benzene rings is 1. The quantitative estimate of drug-likeness (QED) is 0.877. The third kappa shape index (κ3) is 2.80. The Bertz CT molecular complexity index is 864. The van der Waals surface area contributed by atoms with Crippen LogP contribution in [0.1, 0.15) is 27.7 Å². The number of nitrogens with zero attached hydrogens (tertiary/aromatic N) is 2. The van der Waals surface area contributed by atoms with Crippen LogP contribution in [-0.2, 0) is 4.79 Å². The Morgan fingerprint density at radius 2 is 2.09 bits per heavy atom. The third-order valence-corrected chi connectivity index (χ3v) is 4.54. The van der Waals surface area contributed by atoms with Gasteiger partial charge < -0.3 is 5.11 Å². The van der Waals surface area contributed by atoms with Crippen molar-refractivity contribution in [3.63, 3.8) is 0 Å². The highest BCUT2D eigenvalue weighted by atomic mass is 32.1. The summed E-state index contributed by atoms with van der Waals surface area (Å²) in [5.41, 5.74) is 2.81. The van der Waals surface area contributed by atoms with E-state index >= 15 is 0 Å². The van der Waals surface area contributed by atoms with Crippen molar-refractivity contribution >= 4 is 40.7 Å². The number of hydrogen-bond acceptors (Lipinski definition) is 4. The van der Waals surface area contributed by atoms with Gasteiger partial charge in [0.15, 0.2) is 0 Å². The smallest absolute Gasteiger partial charge is 0.335 e. The molecule has 2 aromatic rings. The summed E-state index contributed by atoms with van der Waals surface area (Å²) in [5.74, 6) is -1.29.